The highest BCUT2D eigenvalue weighted by atomic mass is 16.5. The molecule has 2 N–H and O–H groups in total. The van der Waals surface area contributed by atoms with Gasteiger partial charge in [-0.1, -0.05) is 0 Å². The molecule has 3 nitrogen and oxygen atoms in total. The molecule has 3 unspecified atom stereocenters. The lowest BCUT2D eigenvalue weighted by atomic mass is 9.96. The van der Waals surface area contributed by atoms with E-state index in [4.69, 9.17) is 14.9 Å². The highest BCUT2D eigenvalue weighted by Crippen LogP contribution is 2.30. The summed E-state index contributed by atoms with van der Waals surface area (Å²) in [6.45, 7) is 4.77. The lowest BCUT2D eigenvalue weighted by molar-refractivity contribution is 0.117. The first-order valence-corrected chi connectivity index (χ1v) is 5.10. The van der Waals surface area contributed by atoms with Crippen molar-refractivity contribution in [3.8, 4) is 0 Å². The standard InChI is InChI=1S/C11H17NO2/c1-7-3-4-10(14-7)11(12)9-5-8(2)13-6-9/h3-4,8-9,11H,5-6,12H2,1-2H3. The van der Waals surface area contributed by atoms with Gasteiger partial charge in [-0.3, -0.25) is 0 Å². The fourth-order valence-electron chi connectivity index (χ4n) is 1.97. The third-order valence-corrected chi connectivity index (χ3v) is 2.83. The van der Waals surface area contributed by atoms with Gasteiger partial charge in [-0.2, -0.15) is 0 Å². The first-order chi connectivity index (χ1) is 6.66. The molecule has 0 bridgehead atoms. The van der Waals surface area contributed by atoms with Crippen molar-refractivity contribution in [1.82, 2.24) is 0 Å². The first kappa shape index (κ1) is 9.74. The zero-order valence-corrected chi connectivity index (χ0v) is 8.69. The Bertz CT molecular complexity index is 308. The Labute approximate surface area is 84.2 Å². The molecule has 1 aromatic rings. The van der Waals surface area contributed by atoms with E-state index < -0.39 is 0 Å². The van der Waals surface area contributed by atoms with Crippen LogP contribution < -0.4 is 5.73 Å². The molecule has 78 valence electrons. The molecule has 1 aromatic heterocycles. The van der Waals surface area contributed by atoms with Crippen LogP contribution in [0.1, 0.15) is 30.9 Å². The predicted molar refractivity (Wildman–Crippen MR) is 53.9 cm³/mol. The van der Waals surface area contributed by atoms with Gasteiger partial charge in [-0.05, 0) is 32.4 Å². The molecule has 0 radical (unpaired) electrons. The lowest BCUT2D eigenvalue weighted by Crippen LogP contribution is -2.21. The molecule has 0 aromatic carbocycles. The number of rotatable bonds is 2. The maximum absolute atomic E-state index is 6.10. The van der Waals surface area contributed by atoms with E-state index in [0.717, 1.165) is 24.5 Å². The molecule has 2 heterocycles. The van der Waals surface area contributed by atoms with Gasteiger partial charge >= 0.3 is 0 Å². The van der Waals surface area contributed by atoms with E-state index in [9.17, 15) is 0 Å². The smallest absolute Gasteiger partial charge is 0.121 e. The fourth-order valence-corrected chi connectivity index (χ4v) is 1.97. The first-order valence-electron chi connectivity index (χ1n) is 5.10. The predicted octanol–water partition coefficient (Wildman–Crippen LogP) is 2.01. The Balaban J connectivity index is 2.05. The van der Waals surface area contributed by atoms with E-state index in [2.05, 4.69) is 6.92 Å². The zero-order chi connectivity index (χ0) is 10.1. The van der Waals surface area contributed by atoms with Crippen LogP contribution in [0.3, 0.4) is 0 Å². The Morgan fingerprint density at radius 3 is 2.79 bits per heavy atom. The van der Waals surface area contributed by atoms with E-state index in [1.165, 1.54) is 0 Å². The lowest BCUT2D eigenvalue weighted by Gasteiger charge is -2.14. The van der Waals surface area contributed by atoms with Crippen molar-refractivity contribution in [2.45, 2.75) is 32.4 Å². The second kappa shape index (κ2) is 3.75. The molecule has 1 saturated heterocycles. The van der Waals surface area contributed by atoms with Crippen molar-refractivity contribution < 1.29 is 9.15 Å². The summed E-state index contributed by atoms with van der Waals surface area (Å²) in [4.78, 5) is 0. The van der Waals surface area contributed by atoms with Gasteiger partial charge in [0, 0.05) is 5.92 Å². The van der Waals surface area contributed by atoms with Crippen LogP contribution in [-0.2, 0) is 4.74 Å². The van der Waals surface area contributed by atoms with E-state index in [1.54, 1.807) is 0 Å². The van der Waals surface area contributed by atoms with Crippen molar-refractivity contribution in [2.75, 3.05) is 6.61 Å². The zero-order valence-electron chi connectivity index (χ0n) is 8.69. The summed E-state index contributed by atoms with van der Waals surface area (Å²) < 4.78 is 11.0. The molecule has 0 amide bonds. The van der Waals surface area contributed by atoms with E-state index in [0.29, 0.717) is 12.0 Å². The van der Waals surface area contributed by atoms with Crippen LogP contribution in [0.5, 0.6) is 0 Å². The van der Waals surface area contributed by atoms with Gasteiger partial charge in [0.1, 0.15) is 11.5 Å². The summed E-state index contributed by atoms with van der Waals surface area (Å²) in [5.74, 6) is 2.20. The van der Waals surface area contributed by atoms with Gasteiger partial charge in [0.2, 0.25) is 0 Å². The Kier molecular flexibility index (Phi) is 2.61. The summed E-state index contributed by atoms with van der Waals surface area (Å²) in [5.41, 5.74) is 6.10. The Hall–Kier alpha value is -0.800. The molecule has 2 rings (SSSR count). The molecular weight excluding hydrogens is 178 g/mol. The maximum Gasteiger partial charge on any atom is 0.121 e. The molecule has 0 spiro atoms. The minimum Gasteiger partial charge on any atom is -0.465 e. The van der Waals surface area contributed by atoms with Crippen molar-refractivity contribution in [1.29, 1.82) is 0 Å². The molecule has 0 aliphatic carbocycles. The number of aryl methyl sites for hydroxylation is 1. The maximum atomic E-state index is 6.10. The summed E-state index contributed by atoms with van der Waals surface area (Å²) in [6.07, 6.45) is 1.36. The summed E-state index contributed by atoms with van der Waals surface area (Å²) >= 11 is 0. The quantitative estimate of drug-likeness (QED) is 0.785. The molecule has 3 heteroatoms. The highest BCUT2D eigenvalue weighted by molar-refractivity contribution is 5.10. The Morgan fingerprint density at radius 1 is 1.50 bits per heavy atom. The van der Waals surface area contributed by atoms with Crippen molar-refractivity contribution in [2.24, 2.45) is 11.7 Å². The highest BCUT2D eigenvalue weighted by Gasteiger charge is 2.29. The topological polar surface area (TPSA) is 48.4 Å². The monoisotopic (exact) mass is 195 g/mol. The van der Waals surface area contributed by atoms with Crippen LogP contribution in [0, 0.1) is 12.8 Å². The van der Waals surface area contributed by atoms with Gasteiger partial charge in [-0.25, -0.2) is 0 Å². The molecule has 0 saturated carbocycles. The molecule has 1 aliphatic heterocycles. The third kappa shape index (κ3) is 1.83. The van der Waals surface area contributed by atoms with Gasteiger partial charge < -0.3 is 14.9 Å². The largest absolute Gasteiger partial charge is 0.465 e. The Morgan fingerprint density at radius 2 is 2.29 bits per heavy atom. The number of nitrogens with two attached hydrogens (primary N) is 1. The summed E-state index contributed by atoms with van der Waals surface area (Å²) in [6, 6.07) is 3.89. The van der Waals surface area contributed by atoms with E-state index in [-0.39, 0.29) is 6.04 Å². The molecule has 3 atom stereocenters. The van der Waals surface area contributed by atoms with Gasteiger partial charge in [-0.15, -0.1) is 0 Å². The van der Waals surface area contributed by atoms with Crippen LogP contribution in [-0.4, -0.2) is 12.7 Å². The average molecular weight is 195 g/mol. The van der Waals surface area contributed by atoms with Gasteiger partial charge in [0.05, 0.1) is 18.8 Å². The SMILES string of the molecule is Cc1ccc(C(N)C2COC(C)C2)o1. The van der Waals surface area contributed by atoms with Crippen LogP contribution in [0.2, 0.25) is 0 Å². The molecular formula is C11H17NO2. The van der Waals surface area contributed by atoms with Gasteiger partial charge in [0.15, 0.2) is 0 Å². The van der Waals surface area contributed by atoms with E-state index in [1.807, 2.05) is 19.1 Å². The van der Waals surface area contributed by atoms with Crippen LogP contribution in [0.15, 0.2) is 16.5 Å². The molecule has 14 heavy (non-hydrogen) atoms. The molecule has 1 aliphatic rings. The van der Waals surface area contributed by atoms with Crippen LogP contribution >= 0.6 is 0 Å². The van der Waals surface area contributed by atoms with Gasteiger partial charge in [0.25, 0.3) is 0 Å². The molecule has 1 fully saturated rings. The minimum atomic E-state index is -0.0198. The van der Waals surface area contributed by atoms with Crippen molar-refractivity contribution >= 4 is 0 Å². The number of furan rings is 1. The fraction of sp³-hybridized carbons (Fsp3) is 0.636. The minimum absolute atomic E-state index is 0.0198. The number of hydrogen-bond acceptors (Lipinski definition) is 3. The van der Waals surface area contributed by atoms with Crippen LogP contribution in [0.25, 0.3) is 0 Å². The second-order valence-corrected chi connectivity index (χ2v) is 4.11. The summed E-state index contributed by atoms with van der Waals surface area (Å²) in [5, 5.41) is 0. The average Bonchev–Trinajstić information content (AvgIpc) is 2.73. The normalized spacial score (nSPS) is 29.4. The second-order valence-electron chi connectivity index (χ2n) is 4.11. The summed E-state index contributed by atoms with van der Waals surface area (Å²) in [7, 11) is 0. The van der Waals surface area contributed by atoms with Crippen LogP contribution in [0.4, 0.5) is 0 Å². The van der Waals surface area contributed by atoms with E-state index >= 15 is 0 Å². The number of hydrogen-bond donors (Lipinski definition) is 1. The number of ether oxygens (including phenoxy) is 1. The van der Waals surface area contributed by atoms with Crippen molar-refractivity contribution in [3.05, 3.63) is 23.7 Å². The van der Waals surface area contributed by atoms with Crippen molar-refractivity contribution in [3.63, 3.8) is 0 Å². The third-order valence-electron chi connectivity index (χ3n) is 2.83.